The molecule has 2 aliphatic rings. The van der Waals surface area contributed by atoms with E-state index < -0.39 is 11.5 Å². The number of halogens is 1. The van der Waals surface area contributed by atoms with Crippen molar-refractivity contribution in [1.29, 1.82) is 0 Å². The van der Waals surface area contributed by atoms with E-state index in [0.717, 1.165) is 43.6 Å². The smallest absolute Gasteiger partial charge is 0.329 e. The van der Waals surface area contributed by atoms with Crippen molar-refractivity contribution in [3.63, 3.8) is 0 Å². The lowest BCUT2D eigenvalue weighted by Gasteiger charge is -2.47. The number of benzene rings is 2. The highest BCUT2D eigenvalue weighted by molar-refractivity contribution is 6.30. The molecule has 6 heteroatoms. The number of aromatic nitrogens is 1. The van der Waals surface area contributed by atoms with Gasteiger partial charge in [0, 0.05) is 35.3 Å². The number of carbonyl (C=O) groups is 1. The Morgan fingerprint density at radius 3 is 2.53 bits per heavy atom. The van der Waals surface area contributed by atoms with Crippen LogP contribution in [0.4, 0.5) is 11.4 Å². The number of hydrogen-bond donors (Lipinski definition) is 3. The van der Waals surface area contributed by atoms with Gasteiger partial charge in [0.25, 0.3) is 0 Å². The van der Waals surface area contributed by atoms with Gasteiger partial charge >= 0.3 is 5.97 Å². The summed E-state index contributed by atoms with van der Waals surface area (Å²) in [4.78, 5) is 16.7. The number of aliphatic carboxylic acids is 1. The van der Waals surface area contributed by atoms with Gasteiger partial charge in [-0.25, -0.2) is 4.79 Å². The Bertz CT molecular complexity index is 1210. The lowest BCUT2D eigenvalue weighted by Crippen LogP contribution is -2.53. The van der Waals surface area contributed by atoms with Crippen molar-refractivity contribution >= 4 is 28.9 Å². The van der Waals surface area contributed by atoms with E-state index in [4.69, 9.17) is 11.6 Å². The number of rotatable bonds is 8. The first-order valence-electron chi connectivity index (χ1n) is 12.9. The third kappa shape index (κ3) is 4.81. The highest BCUT2D eigenvalue weighted by atomic mass is 35.5. The van der Waals surface area contributed by atoms with Crippen LogP contribution in [0.25, 0.3) is 0 Å². The molecule has 0 amide bonds. The second kappa shape index (κ2) is 10.1. The van der Waals surface area contributed by atoms with Gasteiger partial charge in [-0.15, -0.1) is 0 Å². The molecule has 5 rings (SSSR count). The molecule has 1 aromatic heterocycles. The molecule has 0 radical (unpaired) electrons. The summed E-state index contributed by atoms with van der Waals surface area (Å²) in [5.41, 5.74) is 3.77. The fourth-order valence-corrected chi connectivity index (χ4v) is 6.73. The molecule has 2 aliphatic carbocycles. The molecule has 2 atom stereocenters. The van der Waals surface area contributed by atoms with Crippen LogP contribution < -0.4 is 10.6 Å². The number of carboxylic acid groups (broad SMARTS) is 1. The van der Waals surface area contributed by atoms with Gasteiger partial charge in [0.2, 0.25) is 0 Å². The zero-order valence-corrected chi connectivity index (χ0v) is 21.5. The largest absolute Gasteiger partial charge is 0.480 e. The average Bonchev–Trinajstić information content (AvgIpc) is 3.17. The highest BCUT2D eigenvalue weighted by Crippen LogP contribution is 2.56. The molecule has 3 N–H and O–H groups in total. The molecule has 1 fully saturated rings. The fraction of sp³-hybridized carbons (Fsp3) is 0.400. The van der Waals surface area contributed by atoms with Crippen LogP contribution in [-0.2, 0) is 16.6 Å². The monoisotopic (exact) mass is 503 g/mol. The summed E-state index contributed by atoms with van der Waals surface area (Å²) in [5.74, 6) is 0.210. The molecule has 1 saturated carbocycles. The number of pyridine rings is 1. The maximum atomic E-state index is 12.6. The van der Waals surface area contributed by atoms with Gasteiger partial charge in [-0.3, -0.25) is 4.98 Å². The van der Waals surface area contributed by atoms with E-state index in [1.807, 2.05) is 42.7 Å². The van der Waals surface area contributed by atoms with Crippen LogP contribution in [0.15, 0.2) is 73.1 Å². The molecule has 0 unspecified atom stereocenters. The fourth-order valence-electron chi connectivity index (χ4n) is 6.54. The minimum atomic E-state index is -0.980. The lowest BCUT2D eigenvalue weighted by molar-refractivity contribution is -0.144. The zero-order chi connectivity index (χ0) is 25.2. The van der Waals surface area contributed by atoms with E-state index in [1.54, 1.807) is 6.07 Å². The summed E-state index contributed by atoms with van der Waals surface area (Å²) in [6, 6.07) is 20.2. The predicted molar refractivity (Wildman–Crippen MR) is 146 cm³/mol. The number of hydrogen-bond acceptors (Lipinski definition) is 4. The third-order valence-electron chi connectivity index (χ3n) is 8.44. The predicted octanol–water partition coefficient (Wildman–Crippen LogP) is 6.79. The topological polar surface area (TPSA) is 74.2 Å². The van der Waals surface area contributed by atoms with E-state index in [-0.39, 0.29) is 5.41 Å². The minimum absolute atomic E-state index is 0.0243. The summed E-state index contributed by atoms with van der Waals surface area (Å²) in [6.45, 7) is 3.22. The number of fused-ring (bicyclic) bond motifs is 2. The minimum Gasteiger partial charge on any atom is -0.480 e. The second-order valence-electron chi connectivity index (χ2n) is 10.7. The van der Waals surface area contributed by atoms with Gasteiger partial charge < -0.3 is 15.7 Å². The van der Waals surface area contributed by atoms with E-state index in [1.165, 1.54) is 11.1 Å². The van der Waals surface area contributed by atoms with E-state index >= 15 is 0 Å². The summed E-state index contributed by atoms with van der Waals surface area (Å²) < 4.78 is 0. The van der Waals surface area contributed by atoms with Gasteiger partial charge in [-0.1, -0.05) is 48.9 Å². The number of nitrogens with one attached hydrogen (secondary N) is 2. The van der Waals surface area contributed by atoms with Crippen LogP contribution in [0.1, 0.15) is 50.2 Å². The van der Waals surface area contributed by atoms with Gasteiger partial charge in [0.15, 0.2) is 0 Å². The van der Waals surface area contributed by atoms with Crippen LogP contribution in [0.5, 0.6) is 0 Å². The molecule has 2 aromatic carbocycles. The summed E-state index contributed by atoms with van der Waals surface area (Å²) >= 11 is 6.18. The first kappa shape index (κ1) is 24.6. The molecule has 1 heterocycles. The van der Waals surface area contributed by atoms with Gasteiger partial charge in [0.05, 0.1) is 0 Å². The molecular formula is C30H34ClN3O2. The van der Waals surface area contributed by atoms with E-state index in [0.29, 0.717) is 29.7 Å². The Kier molecular flexibility index (Phi) is 6.94. The first-order valence-corrected chi connectivity index (χ1v) is 13.3. The normalized spacial score (nSPS) is 25.8. The zero-order valence-electron chi connectivity index (χ0n) is 20.7. The van der Waals surface area contributed by atoms with Crippen molar-refractivity contribution in [2.24, 2.45) is 11.8 Å². The van der Waals surface area contributed by atoms with Gasteiger partial charge in [-0.2, -0.15) is 0 Å². The Balaban J connectivity index is 1.35. The first-order chi connectivity index (χ1) is 17.4. The Morgan fingerprint density at radius 1 is 1.06 bits per heavy atom. The molecule has 5 nitrogen and oxygen atoms in total. The van der Waals surface area contributed by atoms with Crippen LogP contribution in [0, 0.1) is 11.8 Å². The Hall–Kier alpha value is -3.05. The second-order valence-corrected chi connectivity index (χ2v) is 11.1. The molecule has 1 spiro atoms. The van der Waals surface area contributed by atoms with Crippen molar-refractivity contribution in [3.8, 4) is 0 Å². The van der Waals surface area contributed by atoms with Crippen molar-refractivity contribution in [1.82, 2.24) is 4.98 Å². The Labute approximate surface area is 218 Å². The molecule has 36 heavy (non-hydrogen) atoms. The lowest BCUT2D eigenvalue weighted by atomic mass is 9.59. The summed E-state index contributed by atoms with van der Waals surface area (Å²) in [7, 11) is 0. The molecule has 0 saturated heterocycles. The van der Waals surface area contributed by atoms with Gasteiger partial charge in [0.1, 0.15) is 5.54 Å². The number of nitrogens with zero attached hydrogens (tertiary/aromatic N) is 1. The SMILES string of the molecule is C[C@@H](CNc1ccncc1)C[C@@H]1Cc2ccccc2C12CCC(Nc1cccc(Cl)c1)(C(=O)O)CC2. The van der Waals surface area contributed by atoms with Crippen molar-refractivity contribution in [2.45, 2.75) is 56.4 Å². The van der Waals surface area contributed by atoms with Crippen molar-refractivity contribution in [3.05, 3.63) is 89.2 Å². The van der Waals surface area contributed by atoms with Crippen LogP contribution in [-0.4, -0.2) is 28.1 Å². The van der Waals surface area contributed by atoms with Crippen LogP contribution >= 0.6 is 11.6 Å². The Morgan fingerprint density at radius 2 is 1.81 bits per heavy atom. The molecule has 0 bridgehead atoms. The summed E-state index contributed by atoms with van der Waals surface area (Å²) in [6.07, 6.45) is 8.68. The average molecular weight is 504 g/mol. The summed E-state index contributed by atoms with van der Waals surface area (Å²) in [5, 5.41) is 17.8. The standard InChI is InChI=1S/C30H34ClN3O2/c1-21(20-33-25-9-15-32-16-10-25)17-23-18-22-5-2-3-8-27(22)29(23)11-13-30(14-12-29,28(35)36)34-26-7-4-6-24(31)19-26/h2-10,15-16,19,21,23,34H,11-14,17-18,20H2,1H3,(H,32,33)(H,35,36)/t21-,23-,29?,30?/m1/s1. The van der Waals surface area contributed by atoms with Crippen LogP contribution in [0.3, 0.4) is 0 Å². The maximum absolute atomic E-state index is 12.6. The molecular weight excluding hydrogens is 470 g/mol. The van der Waals surface area contributed by atoms with Gasteiger partial charge in [-0.05, 0) is 97.2 Å². The number of anilines is 2. The van der Waals surface area contributed by atoms with E-state index in [2.05, 4.69) is 46.8 Å². The van der Waals surface area contributed by atoms with Crippen molar-refractivity contribution in [2.75, 3.05) is 17.2 Å². The maximum Gasteiger partial charge on any atom is 0.329 e. The van der Waals surface area contributed by atoms with E-state index in [9.17, 15) is 9.90 Å². The quantitative estimate of drug-likeness (QED) is 0.315. The third-order valence-corrected chi connectivity index (χ3v) is 8.67. The molecule has 188 valence electrons. The number of carboxylic acids is 1. The van der Waals surface area contributed by atoms with Crippen molar-refractivity contribution < 1.29 is 9.90 Å². The molecule has 3 aromatic rings. The molecule has 0 aliphatic heterocycles. The highest BCUT2D eigenvalue weighted by Gasteiger charge is 2.53. The van der Waals surface area contributed by atoms with Crippen LogP contribution in [0.2, 0.25) is 5.02 Å².